The first kappa shape index (κ1) is 17.8. The number of allylic oxidation sites excluding steroid dienone is 1. The average molecular weight is 308 g/mol. The molecule has 0 aliphatic carbocycles. The van der Waals surface area contributed by atoms with E-state index in [9.17, 15) is 9.59 Å². The minimum atomic E-state index is -0.0687. The van der Waals surface area contributed by atoms with Crippen LogP contribution >= 0.6 is 11.3 Å². The molecule has 116 valence electrons. The number of hydrogen-bond donors (Lipinski definition) is 0. The molecule has 0 aliphatic heterocycles. The second-order valence-electron chi connectivity index (χ2n) is 5.53. The first-order chi connectivity index (χ1) is 9.90. The van der Waals surface area contributed by atoms with E-state index in [0.717, 1.165) is 4.88 Å². The fourth-order valence-electron chi connectivity index (χ4n) is 1.75. The summed E-state index contributed by atoms with van der Waals surface area (Å²) in [6, 6.07) is 3.84. The summed E-state index contributed by atoms with van der Waals surface area (Å²) in [5.41, 5.74) is 0.334. The van der Waals surface area contributed by atoms with E-state index in [1.807, 2.05) is 55.5 Å². The maximum Gasteiger partial charge on any atom is 0.167 e. The number of thiophene rings is 1. The van der Waals surface area contributed by atoms with Crippen LogP contribution in [0.5, 0.6) is 0 Å². The molecule has 0 amide bonds. The summed E-state index contributed by atoms with van der Waals surface area (Å²) in [5, 5.41) is 1.94. The maximum atomic E-state index is 12.3. The average Bonchev–Trinajstić information content (AvgIpc) is 2.92. The van der Waals surface area contributed by atoms with Crippen LogP contribution in [0.4, 0.5) is 0 Å². The highest BCUT2D eigenvalue weighted by Crippen LogP contribution is 2.16. The Morgan fingerprint density at radius 1 is 1.05 bits per heavy atom. The van der Waals surface area contributed by atoms with Crippen molar-refractivity contribution in [3.8, 4) is 0 Å². The van der Waals surface area contributed by atoms with E-state index in [4.69, 9.17) is 0 Å². The van der Waals surface area contributed by atoms with E-state index in [2.05, 4.69) is 0 Å². The van der Waals surface area contributed by atoms with E-state index < -0.39 is 0 Å². The van der Waals surface area contributed by atoms with Crippen molar-refractivity contribution in [2.24, 2.45) is 0 Å². The number of Topliss-reactive ketones (excluding diaryl/α,β-unsaturated/α-hetero) is 2. The number of hydrogen-bond acceptors (Lipinski definition) is 5. The third kappa shape index (κ3) is 6.80. The lowest BCUT2D eigenvalue weighted by Gasteiger charge is -2.12. The summed E-state index contributed by atoms with van der Waals surface area (Å²) >= 11 is 1.53. The van der Waals surface area contributed by atoms with Crippen LogP contribution in [0.1, 0.15) is 17.7 Å². The van der Waals surface area contributed by atoms with E-state index >= 15 is 0 Å². The zero-order chi connectivity index (χ0) is 15.8. The smallest absolute Gasteiger partial charge is 0.167 e. The molecular formula is C16H24N2O2S. The van der Waals surface area contributed by atoms with E-state index in [1.165, 1.54) is 11.3 Å². The Morgan fingerprint density at radius 2 is 1.57 bits per heavy atom. The van der Waals surface area contributed by atoms with Gasteiger partial charge in [-0.25, -0.2) is 0 Å². The number of ketones is 2. The van der Waals surface area contributed by atoms with Crippen molar-refractivity contribution in [1.82, 2.24) is 9.80 Å². The Hall–Kier alpha value is -1.30. The Bertz CT molecular complexity index is 464. The Kier molecular flexibility index (Phi) is 7.50. The van der Waals surface area contributed by atoms with Crippen molar-refractivity contribution < 1.29 is 9.59 Å². The molecule has 0 N–H and O–H groups in total. The van der Waals surface area contributed by atoms with Crippen LogP contribution in [0.15, 0.2) is 23.1 Å². The van der Waals surface area contributed by atoms with Crippen molar-refractivity contribution >= 4 is 29.0 Å². The monoisotopic (exact) mass is 308 g/mol. The van der Waals surface area contributed by atoms with Gasteiger partial charge in [0.2, 0.25) is 0 Å². The van der Waals surface area contributed by atoms with Crippen molar-refractivity contribution in [3.05, 3.63) is 28.0 Å². The molecule has 0 radical (unpaired) electrons. The van der Waals surface area contributed by atoms with E-state index in [1.54, 1.807) is 6.08 Å². The molecule has 1 heterocycles. The summed E-state index contributed by atoms with van der Waals surface area (Å²) in [6.45, 7) is 1.31. The minimum Gasteiger partial charge on any atom is -0.309 e. The molecule has 5 heteroatoms. The molecule has 0 unspecified atom stereocenters. The Labute approximate surface area is 131 Å². The van der Waals surface area contributed by atoms with Crippen LogP contribution in [-0.2, 0) is 9.59 Å². The van der Waals surface area contributed by atoms with Gasteiger partial charge in [0.05, 0.1) is 5.57 Å². The van der Waals surface area contributed by atoms with E-state index in [-0.39, 0.29) is 11.6 Å². The molecule has 0 saturated carbocycles. The van der Waals surface area contributed by atoms with Gasteiger partial charge in [-0.05, 0) is 45.7 Å². The van der Waals surface area contributed by atoms with Gasteiger partial charge in [0.15, 0.2) is 11.6 Å². The summed E-state index contributed by atoms with van der Waals surface area (Å²) in [4.78, 5) is 29.5. The largest absolute Gasteiger partial charge is 0.309 e. The van der Waals surface area contributed by atoms with Gasteiger partial charge >= 0.3 is 0 Å². The molecule has 21 heavy (non-hydrogen) atoms. The Morgan fingerprint density at radius 3 is 1.95 bits per heavy atom. The predicted molar refractivity (Wildman–Crippen MR) is 88.7 cm³/mol. The van der Waals surface area contributed by atoms with Gasteiger partial charge < -0.3 is 9.80 Å². The van der Waals surface area contributed by atoms with Crippen LogP contribution in [0.2, 0.25) is 0 Å². The van der Waals surface area contributed by atoms with Gasteiger partial charge in [-0.15, -0.1) is 11.3 Å². The molecule has 0 aliphatic rings. The molecule has 0 spiro atoms. The van der Waals surface area contributed by atoms with Crippen molar-refractivity contribution in [1.29, 1.82) is 0 Å². The normalized spacial score (nSPS) is 11.0. The van der Waals surface area contributed by atoms with Crippen LogP contribution in [0.25, 0.3) is 6.08 Å². The molecule has 0 aromatic carbocycles. The lowest BCUT2D eigenvalue weighted by Crippen LogP contribution is -2.23. The number of carbonyl (C=O) groups is 2. The molecular weight excluding hydrogens is 284 g/mol. The predicted octanol–water partition coefficient (Wildman–Crippen LogP) is 2.17. The molecule has 0 bridgehead atoms. The highest BCUT2D eigenvalue weighted by Gasteiger charge is 2.18. The second-order valence-corrected chi connectivity index (χ2v) is 6.51. The first-order valence-corrected chi connectivity index (χ1v) is 7.89. The highest BCUT2D eigenvalue weighted by atomic mass is 32.1. The number of nitrogens with zero attached hydrogens (tertiary/aromatic N) is 2. The number of carbonyl (C=O) groups excluding carboxylic acids is 2. The van der Waals surface area contributed by atoms with Crippen LogP contribution in [-0.4, -0.2) is 62.6 Å². The lowest BCUT2D eigenvalue weighted by molar-refractivity contribution is -0.121. The fourth-order valence-corrected chi connectivity index (χ4v) is 2.41. The zero-order valence-electron chi connectivity index (χ0n) is 13.3. The summed E-state index contributed by atoms with van der Waals surface area (Å²) in [5.74, 6) is -0.137. The third-order valence-electron chi connectivity index (χ3n) is 3.00. The lowest BCUT2D eigenvalue weighted by atomic mass is 10.0. The maximum absolute atomic E-state index is 12.3. The third-order valence-corrected chi connectivity index (χ3v) is 3.82. The molecule has 0 fully saturated rings. The highest BCUT2D eigenvalue weighted by molar-refractivity contribution is 7.10. The van der Waals surface area contributed by atoms with Gasteiger partial charge in [0.25, 0.3) is 0 Å². The van der Waals surface area contributed by atoms with E-state index in [0.29, 0.717) is 31.5 Å². The summed E-state index contributed by atoms with van der Waals surface area (Å²) in [6.07, 6.45) is 2.48. The first-order valence-electron chi connectivity index (χ1n) is 7.01. The molecule has 4 nitrogen and oxygen atoms in total. The van der Waals surface area contributed by atoms with Crippen molar-refractivity contribution in [2.45, 2.75) is 12.8 Å². The molecule has 0 atom stereocenters. The fraction of sp³-hybridized carbons (Fsp3) is 0.500. The molecule has 1 aromatic rings. The van der Waals surface area contributed by atoms with Gasteiger partial charge in [-0.1, -0.05) is 6.07 Å². The van der Waals surface area contributed by atoms with Crippen LogP contribution in [0, 0.1) is 0 Å². The molecule has 0 saturated heterocycles. The van der Waals surface area contributed by atoms with Gasteiger partial charge in [-0.3, -0.25) is 9.59 Å². The van der Waals surface area contributed by atoms with Crippen molar-refractivity contribution in [2.75, 3.05) is 41.3 Å². The Balaban J connectivity index is 2.84. The van der Waals surface area contributed by atoms with Gasteiger partial charge in [-0.2, -0.15) is 0 Å². The number of rotatable bonds is 9. The standard InChI is InChI=1S/C16H24N2O2S/c1-17(2)9-7-15(19)14(12-13-6-5-11-21-13)16(20)8-10-18(3)4/h5-6,11-12H,7-10H2,1-4H3. The van der Waals surface area contributed by atoms with Crippen LogP contribution < -0.4 is 0 Å². The summed E-state index contributed by atoms with van der Waals surface area (Å²) < 4.78 is 0. The van der Waals surface area contributed by atoms with Gasteiger partial charge in [0, 0.05) is 30.8 Å². The molecule has 1 rings (SSSR count). The SMILES string of the molecule is CN(C)CCC(=O)C(=Cc1cccs1)C(=O)CCN(C)C. The van der Waals surface area contributed by atoms with Crippen LogP contribution in [0.3, 0.4) is 0 Å². The van der Waals surface area contributed by atoms with Gasteiger partial charge in [0.1, 0.15) is 0 Å². The topological polar surface area (TPSA) is 40.6 Å². The zero-order valence-corrected chi connectivity index (χ0v) is 14.1. The second kappa shape index (κ2) is 8.87. The minimum absolute atomic E-state index is 0.0687. The quantitative estimate of drug-likeness (QED) is 0.398. The van der Waals surface area contributed by atoms with Crippen molar-refractivity contribution in [3.63, 3.8) is 0 Å². The molecule has 1 aromatic heterocycles. The summed E-state index contributed by atoms with van der Waals surface area (Å²) in [7, 11) is 7.68.